The van der Waals surface area contributed by atoms with Crippen LogP contribution in [0.3, 0.4) is 0 Å². The van der Waals surface area contributed by atoms with Crippen LogP contribution in [-0.2, 0) is 4.74 Å². The third-order valence-corrected chi connectivity index (χ3v) is 3.77. The lowest BCUT2D eigenvalue weighted by molar-refractivity contribution is 0.106. The van der Waals surface area contributed by atoms with Crippen LogP contribution in [0, 0.1) is 17.3 Å². The summed E-state index contributed by atoms with van der Waals surface area (Å²) in [6.07, 6.45) is 3.90. The predicted molar refractivity (Wildman–Crippen MR) is 85.0 cm³/mol. The van der Waals surface area contributed by atoms with Crippen molar-refractivity contribution < 1.29 is 4.74 Å². The summed E-state index contributed by atoms with van der Waals surface area (Å²) in [4.78, 5) is 0. The third-order valence-electron chi connectivity index (χ3n) is 3.77. The minimum Gasteiger partial charge on any atom is -0.479 e. The van der Waals surface area contributed by atoms with Gasteiger partial charge in [0.1, 0.15) is 0 Å². The number of unbranched alkanes of at least 4 members (excludes halogenated alkanes) is 1. The lowest BCUT2D eigenvalue weighted by Crippen LogP contribution is -2.35. The Bertz CT molecular complexity index is 254. The molecule has 3 atom stereocenters. The van der Waals surface area contributed by atoms with Gasteiger partial charge in [-0.15, -0.1) is 0 Å². The van der Waals surface area contributed by atoms with E-state index < -0.39 is 0 Å². The molecule has 0 bridgehead atoms. The van der Waals surface area contributed by atoms with Gasteiger partial charge in [-0.3, -0.25) is 0 Å². The number of hydrogen-bond acceptors (Lipinski definition) is 2. The van der Waals surface area contributed by atoms with Crippen LogP contribution in [0.25, 0.3) is 0 Å². The van der Waals surface area contributed by atoms with E-state index >= 15 is 0 Å². The first kappa shape index (κ1) is 18.3. The van der Waals surface area contributed by atoms with Gasteiger partial charge in [-0.05, 0) is 30.8 Å². The summed E-state index contributed by atoms with van der Waals surface area (Å²) in [5.41, 5.74) is 0.174. The topological polar surface area (TPSA) is 21.3 Å². The molecule has 2 heteroatoms. The van der Waals surface area contributed by atoms with Crippen LogP contribution < -0.4 is 5.32 Å². The zero-order chi connectivity index (χ0) is 15.1. The van der Waals surface area contributed by atoms with Gasteiger partial charge in [-0.25, -0.2) is 0 Å². The van der Waals surface area contributed by atoms with Crippen molar-refractivity contribution in [1.82, 2.24) is 5.32 Å². The quantitative estimate of drug-likeness (QED) is 0.597. The van der Waals surface area contributed by atoms with Crippen molar-refractivity contribution in [2.75, 3.05) is 6.61 Å². The smallest absolute Gasteiger partial charge is 0.179 e. The summed E-state index contributed by atoms with van der Waals surface area (Å²) in [6.45, 7) is 20.3. The second kappa shape index (κ2) is 8.50. The summed E-state index contributed by atoms with van der Waals surface area (Å²) >= 11 is 0. The summed E-state index contributed by atoms with van der Waals surface area (Å²) in [5, 5.41) is 3.39. The van der Waals surface area contributed by atoms with E-state index in [1.54, 1.807) is 0 Å². The van der Waals surface area contributed by atoms with E-state index in [9.17, 15) is 0 Å². The molecule has 1 N–H and O–H groups in total. The Morgan fingerprint density at radius 3 is 2.26 bits per heavy atom. The zero-order valence-corrected chi connectivity index (χ0v) is 14.2. The van der Waals surface area contributed by atoms with Gasteiger partial charge in [0.2, 0.25) is 0 Å². The van der Waals surface area contributed by atoms with E-state index in [0.29, 0.717) is 24.4 Å². The summed E-state index contributed by atoms with van der Waals surface area (Å²) < 4.78 is 5.68. The summed E-state index contributed by atoms with van der Waals surface area (Å²) in [5.74, 6) is 2.07. The lowest BCUT2D eigenvalue weighted by atomic mass is 9.86. The first-order valence-corrected chi connectivity index (χ1v) is 7.75. The van der Waals surface area contributed by atoms with Crippen LogP contribution in [0.1, 0.15) is 67.7 Å². The van der Waals surface area contributed by atoms with Crippen LogP contribution in [-0.4, -0.2) is 12.6 Å². The maximum atomic E-state index is 5.68. The van der Waals surface area contributed by atoms with Crippen molar-refractivity contribution in [3.05, 3.63) is 12.5 Å². The standard InChI is InChI=1S/C17H35NO/c1-9-10-11-13(2)14(3)15(4)18-16(5)19-12-17(6,7)8/h13-15,18H,5,9-12H2,1-4,6-8H3/t13-,14?,15?/m0/s1. The van der Waals surface area contributed by atoms with Crippen LogP contribution in [0.5, 0.6) is 0 Å². The summed E-state index contributed by atoms with van der Waals surface area (Å²) in [6, 6.07) is 0.402. The molecule has 0 spiro atoms. The molecule has 0 aliphatic rings. The minimum absolute atomic E-state index is 0.174. The molecular weight excluding hydrogens is 234 g/mol. The molecule has 0 saturated carbocycles. The minimum atomic E-state index is 0.174. The van der Waals surface area contributed by atoms with Crippen molar-refractivity contribution in [1.29, 1.82) is 0 Å². The SMILES string of the molecule is C=C(NC(C)C(C)[C@@H](C)CCCC)OCC(C)(C)C. The van der Waals surface area contributed by atoms with Crippen molar-refractivity contribution in [2.24, 2.45) is 17.3 Å². The van der Waals surface area contributed by atoms with Crippen LogP contribution >= 0.6 is 0 Å². The molecule has 0 aliphatic heterocycles. The number of rotatable bonds is 9. The molecule has 114 valence electrons. The zero-order valence-electron chi connectivity index (χ0n) is 14.2. The molecular formula is C17H35NO. The first-order chi connectivity index (χ1) is 8.67. The largest absolute Gasteiger partial charge is 0.479 e. The van der Waals surface area contributed by atoms with E-state index in [1.165, 1.54) is 19.3 Å². The number of ether oxygens (including phenoxy) is 1. The Kier molecular flexibility index (Phi) is 8.20. The fourth-order valence-corrected chi connectivity index (χ4v) is 2.01. The molecule has 0 fully saturated rings. The molecule has 2 nitrogen and oxygen atoms in total. The van der Waals surface area contributed by atoms with Crippen LogP contribution in [0.4, 0.5) is 0 Å². The van der Waals surface area contributed by atoms with Gasteiger partial charge < -0.3 is 10.1 Å². The average molecular weight is 269 g/mol. The molecule has 0 amide bonds. The monoisotopic (exact) mass is 269 g/mol. The van der Waals surface area contributed by atoms with Crippen molar-refractivity contribution in [3.63, 3.8) is 0 Å². The van der Waals surface area contributed by atoms with Gasteiger partial charge in [0, 0.05) is 6.04 Å². The van der Waals surface area contributed by atoms with E-state index in [-0.39, 0.29) is 5.41 Å². The van der Waals surface area contributed by atoms with E-state index in [1.807, 2.05) is 0 Å². The first-order valence-electron chi connectivity index (χ1n) is 7.75. The van der Waals surface area contributed by atoms with Crippen molar-refractivity contribution >= 4 is 0 Å². The highest BCUT2D eigenvalue weighted by Gasteiger charge is 2.19. The highest BCUT2D eigenvalue weighted by Crippen LogP contribution is 2.22. The molecule has 0 saturated heterocycles. The van der Waals surface area contributed by atoms with Gasteiger partial charge in [0.15, 0.2) is 5.88 Å². The Morgan fingerprint density at radius 2 is 1.79 bits per heavy atom. The molecule has 0 heterocycles. The van der Waals surface area contributed by atoms with E-state index in [0.717, 1.165) is 5.92 Å². The molecule has 0 aromatic rings. The summed E-state index contributed by atoms with van der Waals surface area (Å²) in [7, 11) is 0. The van der Waals surface area contributed by atoms with Gasteiger partial charge >= 0.3 is 0 Å². The molecule has 19 heavy (non-hydrogen) atoms. The van der Waals surface area contributed by atoms with Crippen molar-refractivity contribution in [2.45, 2.75) is 73.8 Å². The van der Waals surface area contributed by atoms with Gasteiger partial charge in [-0.1, -0.05) is 60.8 Å². The number of hydrogen-bond donors (Lipinski definition) is 1. The number of nitrogens with one attached hydrogen (secondary N) is 1. The lowest BCUT2D eigenvalue weighted by Gasteiger charge is -2.29. The highest BCUT2D eigenvalue weighted by molar-refractivity contribution is 4.86. The molecule has 0 aliphatic carbocycles. The maximum absolute atomic E-state index is 5.68. The normalized spacial score (nSPS) is 16.6. The van der Waals surface area contributed by atoms with Crippen molar-refractivity contribution in [3.8, 4) is 0 Å². The van der Waals surface area contributed by atoms with E-state index in [4.69, 9.17) is 4.74 Å². The second-order valence-electron chi connectivity index (χ2n) is 7.18. The van der Waals surface area contributed by atoms with E-state index in [2.05, 4.69) is 60.4 Å². The Morgan fingerprint density at radius 1 is 1.21 bits per heavy atom. The van der Waals surface area contributed by atoms with Gasteiger partial charge in [-0.2, -0.15) is 0 Å². The van der Waals surface area contributed by atoms with Gasteiger partial charge in [0.25, 0.3) is 0 Å². The average Bonchev–Trinajstić information content (AvgIpc) is 2.31. The molecule has 0 rings (SSSR count). The fraction of sp³-hybridized carbons (Fsp3) is 0.882. The Balaban J connectivity index is 4.06. The fourth-order valence-electron chi connectivity index (χ4n) is 2.01. The Labute approximate surface area is 121 Å². The second-order valence-corrected chi connectivity index (χ2v) is 7.18. The molecule has 2 unspecified atom stereocenters. The van der Waals surface area contributed by atoms with Crippen LogP contribution in [0.2, 0.25) is 0 Å². The predicted octanol–water partition coefficient (Wildman–Crippen LogP) is 4.96. The van der Waals surface area contributed by atoms with Crippen LogP contribution in [0.15, 0.2) is 12.5 Å². The highest BCUT2D eigenvalue weighted by atomic mass is 16.5. The Hall–Kier alpha value is -0.660. The molecule has 0 aromatic heterocycles. The molecule has 0 aromatic carbocycles. The van der Waals surface area contributed by atoms with Gasteiger partial charge in [0.05, 0.1) is 6.61 Å². The third kappa shape index (κ3) is 8.96. The molecule has 0 radical (unpaired) electrons. The maximum Gasteiger partial charge on any atom is 0.179 e.